The predicted molar refractivity (Wildman–Crippen MR) is 124 cm³/mol. The van der Waals surface area contributed by atoms with Crippen LogP contribution in [0.4, 0.5) is 0 Å². The number of nitrogens with zero attached hydrogens (tertiary/aromatic N) is 3. The average molecular weight is 487 g/mol. The van der Waals surface area contributed by atoms with Gasteiger partial charge in [0.2, 0.25) is 27.6 Å². The average Bonchev–Trinajstić information content (AvgIpc) is 3.42. The summed E-state index contributed by atoms with van der Waals surface area (Å²) in [5.74, 6) is 1.22. The van der Waals surface area contributed by atoms with E-state index in [1.54, 1.807) is 13.0 Å². The molecule has 1 saturated heterocycles. The van der Waals surface area contributed by atoms with Crippen LogP contribution < -0.4 is 5.32 Å². The number of aryl methyl sites for hydroxylation is 1. The quantitative estimate of drug-likeness (QED) is 0.546. The Bertz CT molecular complexity index is 1240. The third-order valence-electron chi connectivity index (χ3n) is 6.21. The highest BCUT2D eigenvalue weighted by Gasteiger charge is 2.34. The van der Waals surface area contributed by atoms with Crippen LogP contribution in [0.25, 0.3) is 10.7 Å². The van der Waals surface area contributed by atoms with Crippen LogP contribution in [-0.2, 0) is 21.4 Å². The number of rotatable bonds is 7. The van der Waals surface area contributed by atoms with E-state index in [-0.39, 0.29) is 16.7 Å². The molecule has 2 aliphatic rings. The summed E-state index contributed by atoms with van der Waals surface area (Å²) < 4.78 is 33.5. The molecule has 33 heavy (non-hydrogen) atoms. The van der Waals surface area contributed by atoms with Gasteiger partial charge in [-0.15, -0.1) is 11.3 Å². The second-order valence-electron chi connectivity index (χ2n) is 8.64. The molecule has 5 rings (SSSR count). The SMILES string of the molecule is Cc1sc(-c2noc(C3CC3)n2)cc1S(=O)(=O)N1CCC(C(=O)NCc2ccccc2)CC1. The molecule has 10 heteroatoms. The Balaban J connectivity index is 1.22. The highest BCUT2D eigenvalue weighted by atomic mass is 32.2. The van der Waals surface area contributed by atoms with Gasteiger partial charge in [-0.3, -0.25) is 4.79 Å². The van der Waals surface area contributed by atoms with Gasteiger partial charge in [0, 0.05) is 36.3 Å². The fourth-order valence-electron chi connectivity index (χ4n) is 4.09. The van der Waals surface area contributed by atoms with Crippen LogP contribution in [0.15, 0.2) is 45.8 Å². The lowest BCUT2D eigenvalue weighted by Crippen LogP contribution is -2.42. The van der Waals surface area contributed by atoms with Crippen molar-refractivity contribution in [3.63, 3.8) is 0 Å². The largest absolute Gasteiger partial charge is 0.352 e. The van der Waals surface area contributed by atoms with Crippen LogP contribution in [0, 0.1) is 12.8 Å². The Hall–Kier alpha value is -2.56. The molecule has 0 bridgehead atoms. The number of sulfonamides is 1. The highest BCUT2D eigenvalue weighted by Crippen LogP contribution is 2.41. The van der Waals surface area contributed by atoms with Gasteiger partial charge in [0.1, 0.15) is 0 Å². The van der Waals surface area contributed by atoms with Crippen LogP contribution in [0.5, 0.6) is 0 Å². The Morgan fingerprint density at radius 1 is 1.18 bits per heavy atom. The van der Waals surface area contributed by atoms with E-state index in [1.807, 2.05) is 30.3 Å². The first-order valence-electron chi connectivity index (χ1n) is 11.2. The topological polar surface area (TPSA) is 105 Å². The summed E-state index contributed by atoms with van der Waals surface area (Å²) in [6.45, 7) is 2.93. The predicted octanol–water partition coefficient (Wildman–Crippen LogP) is 3.70. The number of hydrogen-bond donors (Lipinski definition) is 1. The fraction of sp³-hybridized carbons (Fsp3) is 0.435. The Morgan fingerprint density at radius 2 is 1.91 bits per heavy atom. The number of aromatic nitrogens is 2. The van der Waals surface area contributed by atoms with E-state index in [1.165, 1.54) is 15.6 Å². The molecule has 2 fully saturated rings. The maximum atomic E-state index is 13.3. The summed E-state index contributed by atoms with van der Waals surface area (Å²) in [5.41, 5.74) is 1.04. The van der Waals surface area contributed by atoms with E-state index in [0.717, 1.165) is 18.4 Å². The van der Waals surface area contributed by atoms with E-state index in [9.17, 15) is 13.2 Å². The number of carbonyl (C=O) groups is 1. The Morgan fingerprint density at radius 3 is 2.61 bits per heavy atom. The van der Waals surface area contributed by atoms with Crippen molar-refractivity contribution in [2.45, 2.75) is 50.0 Å². The summed E-state index contributed by atoms with van der Waals surface area (Å²) in [5, 5.41) is 7.01. The van der Waals surface area contributed by atoms with Crippen molar-refractivity contribution in [3.8, 4) is 10.7 Å². The van der Waals surface area contributed by atoms with Gasteiger partial charge in [-0.05, 0) is 44.2 Å². The molecule has 1 aromatic carbocycles. The zero-order valence-corrected chi connectivity index (χ0v) is 20.0. The molecule has 0 atom stereocenters. The second kappa shape index (κ2) is 9.00. The van der Waals surface area contributed by atoms with Crippen molar-refractivity contribution in [1.82, 2.24) is 19.8 Å². The number of piperidine rings is 1. The van der Waals surface area contributed by atoms with Gasteiger partial charge in [-0.1, -0.05) is 35.5 Å². The maximum absolute atomic E-state index is 13.3. The standard InChI is InChI=1S/C23H26N4O4S2/c1-15-20(13-19(32-15)21-25-23(31-26-21)18-7-8-18)33(29,30)27-11-9-17(10-12-27)22(28)24-14-16-5-3-2-4-6-16/h2-6,13,17-18H,7-12,14H2,1H3,(H,24,28). The maximum Gasteiger partial charge on any atom is 0.244 e. The van der Waals surface area contributed by atoms with Crippen LogP contribution in [0.3, 0.4) is 0 Å². The summed E-state index contributed by atoms with van der Waals surface area (Å²) in [6, 6.07) is 11.4. The van der Waals surface area contributed by atoms with E-state index in [0.29, 0.717) is 59.9 Å². The monoisotopic (exact) mass is 486 g/mol. The number of benzene rings is 1. The van der Waals surface area contributed by atoms with E-state index in [4.69, 9.17) is 4.52 Å². The molecule has 1 N–H and O–H groups in total. The highest BCUT2D eigenvalue weighted by molar-refractivity contribution is 7.89. The minimum absolute atomic E-state index is 0.0199. The molecule has 1 amide bonds. The molecule has 1 aliphatic carbocycles. The van der Waals surface area contributed by atoms with Gasteiger partial charge in [0.25, 0.3) is 0 Å². The van der Waals surface area contributed by atoms with Crippen LogP contribution in [0.1, 0.15) is 47.9 Å². The molecular formula is C23H26N4O4S2. The minimum Gasteiger partial charge on any atom is -0.352 e. The van der Waals surface area contributed by atoms with Crippen molar-refractivity contribution < 1.29 is 17.7 Å². The van der Waals surface area contributed by atoms with E-state index >= 15 is 0 Å². The van der Waals surface area contributed by atoms with Crippen molar-refractivity contribution in [2.24, 2.45) is 5.92 Å². The number of nitrogens with one attached hydrogen (secondary N) is 1. The van der Waals surface area contributed by atoms with Crippen LogP contribution in [-0.4, -0.2) is 41.9 Å². The smallest absolute Gasteiger partial charge is 0.244 e. The van der Waals surface area contributed by atoms with Crippen molar-refractivity contribution in [1.29, 1.82) is 0 Å². The van der Waals surface area contributed by atoms with Crippen molar-refractivity contribution in [3.05, 3.63) is 52.7 Å². The zero-order valence-electron chi connectivity index (χ0n) is 18.4. The molecule has 0 spiro atoms. The lowest BCUT2D eigenvalue weighted by Gasteiger charge is -2.30. The first-order valence-corrected chi connectivity index (χ1v) is 13.4. The molecule has 2 aromatic heterocycles. The van der Waals surface area contributed by atoms with Gasteiger partial charge in [0.05, 0.1) is 9.77 Å². The third-order valence-corrected chi connectivity index (χ3v) is 9.41. The van der Waals surface area contributed by atoms with Crippen LogP contribution >= 0.6 is 11.3 Å². The lowest BCUT2D eigenvalue weighted by molar-refractivity contribution is -0.126. The number of hydrogen-bond acceptors (Lipinski definition) is 7. The van der Waals surface area contributed by atoms with Crippen molar-refractivity contribution >= 4 is 27.3 Å². The molecule has 0 radical (unpaired) electrons. The van der Waals surface area contributed by atoms with Crippen molar-refractivity contribution in [2.75, 3.05) is 13.1 Å². The number of thiophene rings is 1. The normalized spacial score (nSPS) is 17.8. The fourth-order valence-corrected chi connectivity index (χ4v) is 7.05. The molecule has 174 valence electrons. The lowest BCUT2D eigenvalue weighted by atomic mass is 9.97. The van der Waals surface area contributed by atoms with Gasteiger partial charge in [0.15, 0.2) is 0 Å². The molecular weight excluding hydrogens is 460 g/mol. The Labute approximate surface area is 197 Å². The molecule has 1 aliphatic heterocycles. The number of amides is 1. The van der Waals surface area contributed by atoms with E-state index in [2.05, 4.69) is 15.5 Å². The number of carbonyl (C=O) groups excluding carboxylic acids is 1. The summed E-state index contributed by atoms with van der Waals surface area (Å²) in [4.78, 5) is 18.7. The molecule has 0 unspecified atom stereocenters. The Kier molecular flexibility index (Phi) is 6.07. The van der Waals surface area contributed by atoms with Gasteiger partial charge in [-0.25, -0.2) is 8.42 Å². The first-order chi connectivity index (χ1) is 15.9. The summed E-state index contributed by atoms with van der Waals surface area (Å²) in [7, 11) is -3.66. The summed E-state index contributed by atoms with van der Waals surface area (Å²) >= 11 is 1.36. The van der Waals surface area contributed by atoms with Gasteiger partial charge in [-0.2, -0.15) is 9.29 Å². The third kappa shape index (κ3) is 4.73. The van der Waals surface area contributed by atoms with Gasteiger partial charge >= 0.3 is 0 Å². The first kappa shape index (κ1) is 22.2. The zero-order chi connectivity index (χ0) is 23.0. The molecule has 8 nitrogen and oxygen atoms in total. The summed E-state index contributed by atoms with van der Waals surface area (Å²) in [6.07, 6.45) is 3.13. The molecule has 1 saturated carbocycles. The molecule has 3 aromatic rings. The van der Waals surface area contributed by atoms with E-state index < -0.39 is 10.0 Å². The second-order valence-corrected chi connectivity index (χ2v) is 11.8. The minimum atomic E-state index is -3.66. The van der Waals surface area contributed by atoms with Crippen LogP contribution in [0.2, 0.25) is 0 Å². The van der Waals surface area contributed by atoms with Gasteiger partial charge < -0.3 is 9.84 Å². The molecule has 3 heterocycles.